The number of rotatable bonds is 5. The van der Waals surface area contributed by atoms with Gasteiger partial charge in [0.05, 0.1) is 0 Å². The Balaban J connectivity index is 2.79. The van der Waals surface area contributed by atoms with E-state index in [9.17, 15) is 4.79 Å². The van der Waals surface area contributed by atoms with E-state index >= 15 is 0 Å². The summed E-state index contributed by atoms with van der Waals surface area (Å²) in [5.74, 6) is -0.380. The second-order valence-electron chi connectivity index (χ2n) is 3.97. The van der Waals surface area contributed by atoms with Gasteiger partial charge in [0.2, 0.25) is 0 Å². The molecule has 0 aliphatic heterocycles. The summed E-state index contributed by atoms with van der Waals surface area (Å²) >= 11 is 0. The van der Waals surface area contributed by atoms with Crippen molar-refractivity contribution in [2.75, 3.05) is 14.2 Å². The Kier molecular flexibility index (Phi) is 4.48. The number of hydrogen-bond donors (Lipinski definition) is 0. The third-order valence-corrected chi connectivity index (χ3v) is 3.06. The monoisotopic (exact) mass is 212 g/mol. The van der Waals surface area contributed by atoms with Gasteiger partial charge in [0, 0.05) is 26.6 Å². The average molecular weight is 212 g/mol. The van der Waals surface area contributed by atoms with Crippen molar-refractivity contribution in [3.63, 3.8) is 0 Å². The lowest BCUT2D eigenvalue weighted by Gasteiger charge is -2.37. The van der Waals surface area contributed by atoms with Crippen LogP contribution in [0.2, 0.25) is 0 Å². The van der Waals surface area contributed by atoms with Crippen molar-refractivity contribution in [3.8, 4) is 0 Å². The summed E-state index contributed by atoms with van der Waals surface area (Å²) in [6.45, 7) is 2.14. The summed E-state index contributed by atoms with van der Waals surface area (Å²) in [4.78, 5) is 11.4. The second kappa shape index (κ2) is 5.42. The topological polar surface area (TPSA) is 35.5 Å². The van der Waals surface area contributed by atoms with Crippen LogP contribution in [0.1, 0.15) is 32.6 Å². The Labute approximate surface area is 91.4 Å². The van der Waals surface area contributed by atoms with Crippen molar-refractivity contribution in [1.82, 2.24) is 0 Å². The number of hydrogen-bond acceptors (Lipinski definition) is 3. The van der Waals surface area contributed by atoms with Crippen molar-refractivity contribution < 1.29 is 14.3 Å². The molecule has 86 valence electrons. The Morgan fingerprint density at radius 3 is 2.67 bits per heavy atom. The number of carbonyl (C=O) groups is 1. The Morgan fingerprint density at radius 1 is 1.47 bits per heavy atom. The molecule has 0 aromatic rings. The van der Waals surface area contributed by atoms with Crippen LogP contribution in [0.3, 0.4) is 0 Å². The minimum absolute atomic E-state index is 0.143. The summed E-state index contributed by atoms with van der Waals surface area (Å²) in [5, 5.41) is 0. The van der Waals surface area contributed by atoms with Crippen molar-refractivity contribution in [3.05, 3.63) is 12.2 Å². The van der Waals surface area contributed by atoms with Crippen LogP contribution in [0.25, 0.3) is 0 Å². The lowest BCUT2D eigenvalue weighted by atomic mass is 9.83. The molecule has 0 heterocycles. The molecule has 3 nitrogen and oxygen atoms in total. The maximum atomic E-state index is 11.4. The van der Waals surface area contributed by atoms with E-state index in [0.717, 1.165) is 19.3 Å². The fourth-order valence-corrected chi connectivity index (χ4v) is 2.10. The third kappa shape index (κ3) is 2.67. The van der Waals surface area contributed by atoms with E-state index in [4.69, 9.17) is 9.47 Å². The molecular weight excluding hydrogens is 192 g/mol. The third-order valence-electron chi connectivity index (χ3n) is 3.06. The molecule has 0 fully saturated rings. The van der Waals surface area contributed by atoms with E-state index in [1.54, 1.807) is 26.4 Å². The van der Waals surface area contributed by atoms with Gasteiger partial charge in [0.15, 0.2) is 11.6 Å². The highest BCUT2D eigenvalue weighted by atomic mass is 16.7. The van der Waals surface area contributed by atoms with Gasteiger partial charge >= 0.3 is 0 Å². The molecule has 0 saturated heterocycles. The van der Waals surface area contributed by atoms with Crippen molar-refractivity contribution in [2.24, 2.45) is 5.92 Å². The predicted molar refractivity (Wildman–Crippen MR) is 58.5 cm³/mol. The molecule has 0 aromatic carbocycles. The van der Waals surface area contributed by atoms with Gasteiger partial charge in [-0.05, 0) is 18.6 Å². The van der Waals surface area contributed by atoms with Gasteiger partial charge in [-0.15, -0.1) is 0 Å². The highest BCUT2D eigenvalue weighted by Gasteiger charge is 2.40. The van der Waals surface area contributed by atoms with E-state index in [1.807, 2.05) is 0 Å². The molecule has 3 heteroatoms. The molecule has 1 unspecified atom stereocenters. The zero-order valence-corrected chi connectivity index (χ0v) is 9.79. The predicted octanol–water partition coefficient (Wildman–Crippen LogP) is 2.31. The summed E-state index contributed by atoms with van der Waals surface area (Å²) in [6.07, 6.45) is 7.03. The number of ether oxygens (including phenoxy) is 2. The number of methoxy groups -OCH3 is 2. The zero-order valence-electron chi connectivity index (χ0n) is 9.79. The van der Waals surface area contributed by atoms with Crippen molar-refractivity contribution in [1.29, 1.82) is 0 Å². The summed E-state index contributed by atoms with van der Waals surface area (Å²) in [6, 6.07) is 0. The van der Waals surface area contributed by atoms with Gasteiger partial charge in [-0.3, -0.25) is 4.79 Å². The van der Waals surface area contributed by atoms with Crippen LogP contribution in [0.15, 0.2) is 12.2 Å². The zero-order chi connectivity index (χ0) is 11.3. The Hall–Kier alpha value is -0.670. The second-order valence-corrected chi connectivity index (χ2v) is 3.97. The molecule has 0 saturated carbocycles. The molecule has 1 aliphatic carbocycles. The van der Waals surface area contributed by atoms with Crippen LogP contribution < -0.4 is 0 Å². The van der Waals surface area contributed by atoms with Gasteiger partial charge in [-0.1, -0.05) is 19.8 Å². The molecule has 1 atom stereocenters. The van der Waals surface area contributed by atoms with Crippen LogP contribution in [-0.2, 0) is 14.3 Å². The molecule has 1 rings (SSSR count). The van der Waals surface area contributed by atoms with E-state index in [0.29, 0.717) is 6.42 Å². The number of carbonyl (C=O) groups excluding carboxylic acids is 1. The Bertz CT molecular complexity index is 241. The normalized spacial score (nSPS) is 24.5. The summed E-state index contributed by atoms with van der Waals surface area (Å²) in [5.41, 5.74) is 0. The molecule has 1 aliphatic rings. The van der Waals surface area contributed by atoms with E-state index in [1.165, 1.54) is 0 Å². The van der Waals surface area contributed by atoms with Gasteiger partial charge in [0.1, 0.15) is 0 Å². The quantitative estimate of drug-likeness (QED) is 0.656. The lowest BCUT2D eigenvalue weighted by molar-refractivity contribution is -0.209. The van der Waals surface area contributed by atoms with Crippen LogP contribution in [-0.4, -0.2) is 25.8 Å². The van der Waals surface area contributed by atoms with Gasteiger partial charge in [-0.25, -0.2) is 0 Å². The standard InChI is InChI=1S/C12H20O3/c1-4-5-6-10-9-11(13)7-8-12(10,14-2)15-3/h7-8,10H,4-6,9H2,1-3H3. The minimum atomic E-state index is -0.691. The van der Waals surface area contributed by atoms with Gasteiger partial charge in [0.25, 0.3) is 0 Å². The fraction of sp³-hybridized carbons (Fsp3) is 0.750. The number of unbranched alkanes of at least 4 members (excludes halogenated alkanes) is 1. The van der Waals surface area contributed by atoms with Crippen LogP contribution in [0.4, 0.5) is 0 Å². The van der Waals surface area contributed by atoms with Crippen LogP contribution >= 0.6 is 0 Å². The molecule has 0 bridgehead atoms. The first-order valence-electron chi connectivity index (χ1n) is 5.51. The van der Waals surface area contributed by atoms with E-state index < -0.39 is 5.79 Å². The first kappa shape index (κ1) is 12.4. The lowest BCUT2D eigenvalue weighted by Crippen LogP contribution is -2.43. The molecule has 0 amide bonds. The molecule has 15 heavy (non-hydrogen) atoms. The van der Waals surface area contributed by atoms with Crippen molar-refractivity contribution >= 4 is 5.78 Å². The highest BCUT2D eigenvalue weighted by molar-refractivity contribution is 5.91. The average Bonchev–Trinajstić information content (AvgIpc) is 2.27. The summed E-state index contributed by atoms with van der Waals surface area (Å²) < 4.78 is 10.8. The first-order chi connectivity index (χ1) is 7.18. The van der Waals surface area contributed by atoms with Gasteiger partial charge < -0.3 is 9.47 Å². The van der Waals surface area contributed by atoms with Gasteiger partial charge in [-0.2, -0.15) is 0 Å². The number of ketones is 1. The summed E-state index contributed by atoms with van der Waals surface area (Å²) in [7, 11) is 3.26. The largest absolute Gasteiger partial charge is 0.349 e. The molecule has 0 radical (unpaired) electrons. The minimum Gasteiger partial charge on any atom is -0.349 e. The van der Waals surface area contributed by atoms with E-state index in [-0.39, 0.29) is 11.7 Å². The smallest absolute Gasteiger partial charge is 0.190 e. The van der Waals surface area contributed by atoms with Crippen LogP contribution in [0.5, 0.6) is 0 Å². The van der Waals surface area contributed by atoms with Crippen molar-refractivity contribution in [2.45, 2.75) is 38.4 Å². The van der Waals surface area contributed by atoms with E-state index in [2.05, 4.69) is 6.92 Å². The molecule has 0 spiro atoms. The fourth-order valence-electron chi connectivity index (χ4n) is 2.10. The molecular formula is C12H20O3. The number of allylic oxidation sites excluding steroid dienone is 1. The molecule has 0 aromatic heterocycles. The SMILES string of the molecule is CCCCC1CC(=O)C=CC1(OC)OC. The maximum absolute atomic E-state index is 11.4. The Morgan fingerprint density at radius 2 is 2.13 bits per heavy atom. The maximum Gasteiger partial charge on any atom is 0.190 e. The molecule has 0 N–H and O–H groups in total. The van der Waals surface area contributed by atoms with Crippen LogP contribution in [0, 0.1) is 5.92 Å². The first-order valence-corrected chi connectivity index (χ1v) is 5.51. The highest BCUT2D eigenvalue weighted by Crippen LogP contribution is 2.34.